The van der Waals surface area contributed by atoms with Crippen molar-refractivity contribution in [2.24, 2.45) is 0 Å². The molecule has 5 rings (SSSR count). The highest BCUT2D eigenvalue weighted by atomic mass is 19.4. The summed E-state index contributed by atoms with van der Waals surface area (Å²) in [4.78, 5) is 24.6. The maximum absolute atomic E-state index is 12.8. The van der Waals surface area contributed by atoms with Crippen molar-refractivity contribution < 1.29 is 18.0 Å². The molecule has 1 unspecified atom stereocenters. The lowest BCUT2D eigenvalue weighted by atomic mass is 10.0. The van der Waals surface area contributed by atoms with E-state index in [0.717, 1.165) is 73.8 Å². The number of ketones is 1. The molecule has 2 aliphatic heterocycles. The fourth-order valence-electron chi connectivity index (χ4n) is 4.93. The molecule has 1 atom stereocenters. The van der Waals surface area contributed by atoms with Crippen molar-refractivity contribution in [2.75, 3.05) is 37.6 Å². The largest absolute Gasteiger partial charge is 0.419 e. The number of anilines is 2. The fraction of sp³-hybridized carbons (Fsp3) is 0.458. The number of hydrogen-bond donors (Lipinski definition) is 1. The average Bonchev–Trinajstić information content (AvgIpc) is 3.41. The first kappa shape index (κ1) is 22.0. The number of carbonyl (C=O) groups excluding carboxylic acids is 1. The van der Waals surface area contributed by atoms with Gasteiger partial charge < -0.3 is 10.2 Å². The Kier molecular flexibility index (Phi) is 5.92. The Morgan fingerprint density at radius 2 is 1.85 bits per heavy atom. The summed E-state index contributed by atoms with van der Waals surface area (Å²) >= 11 is 0. The molecule has 1 aromatic heterocycles. The van der Waals surface area contributed by atoms with Crippen LogP contribution in [0.15, 0.2) is 42.2 Å². The Morgan fingerprint density at radius 3 is 2.58 bits per heavy atom. The Hall–Kier alpha value is -2.78. The van der Waals surface area contributed by atoms with Gasteiger partial charge in [-0.1, -0.05) is 18.2 Å². The Morgan fingerprint density at radius 1 is 1.09 bits per heavy atom. The van der Waals surface area contributed by atoms with Crippen LogP contribution in [0.3, 0.4) is 0 Å². The van der Waals surface area contributed by atoms with Crippen LogP contribution in [0.2, 0.25) is 0 Å². The maximum atomic E-state index is 12.8. The number of allylic oxidation sites excluding steroid dienone is 1. The number of nitrogens with zero attached hydrogens (tertiary/aromatic N) is 4. The second-order valence-electron chi connectivity index (χ2n) is 8.84. The molecule has 1 N–H and O–H groups in total. The van der Waals surface area contributed by atoms with Crippen LogP contribution < -0.4 is 10.2 Å². The van der Waals surface area contributed by atoms with Crippen LogP contribution in [0.5, 0.6) is 0 Å². The molecule has 0 spiro atoms. The van der Waals surface area contributed by atoms with Gasteiger partial charge in [0.05, 0.1) is 5.56 Å². The molecule has 0 radical (unpaired) electrons. The molecular weight excluding hydrogens is 431 g/mol. The molecule has 3 aliphatic rings. The van der Waals surface area contributed by atoms with Gasteiger partial charge in [0.1, 0.15) is 0 Å². The summed E-state index contributed by atoms with van der Waals surface area (Å²) < 4.78 is 38.3. The first-order chi connectivity index (χ1) is 15.9. The number of fused-ring (bicyclic) bond motifs is 1. The second-order valence-corrected chi connectivity index (χ2v) is 8.84. The maximum Gasteiger partial charge on any atom is 0.419 e. The lowest BCUT2D eigenvalue weighted by Gasteiger charge is -2.32. The second kappa shape index (κ2) is 8.87. The number of hydrogen-bond acceptors (Lipinski definition) is 6. The van der Waals surface area contributed by atoms with Gasteiger partial charge >= 0.3 is 6.18 Å². The number of rotatable bonds is 4. The van der Waals surface area contributed by atoms with Gasteiger partial charge in [0.25, 0.3) is 0 Å². The van der Waals surface area contributed by atoms with E-state index in [4.69, 9.17) is 0 Å². The number of piperazine rings is 1. The third-order valence-electron chi connectivity index (χ3n) is 6.73. The van der Waals surface area contributed by atoms with Gasteiger partial charge in [0, 0.05) is 63.3 Å². The standard InChI is InChI=1S/C24H26F3N5O/c25-24(26,27)19-14-29-23(30-15-19)32-8-5-17-11-16(2-4-21(17)32)1-3-18-12-20(13-22(18)33)31-9-6-28-7-10-31/h2-4,11,14-15,20,28H,1,5-10,12-13H2/b18-3-. The zero-order valence-electron chi connectivity index (χ0n) is 18.2. The first-order valence-electron chi connectivity index (χ1n) is 11.3. The zero-order chi connectivity index (χ0) is 23.0. The van der Waals surface area contributed by atoms with E-state index in [1.165, 1.54) is 0 Å². The smallest absolute Gasteiger partial charge is 0.314 e. The van der Waals surface area contributed by atoms with Crippen LogP contribution in [-0.4, -0.2) is 59.4 Å². The van der Waals surface area contributed by atoms with Crippen molar-refractivity contribution in [3.05, 3.63) is 58.9 Å². The van der Waals surface area contributed by atoms with Gasteiger partial charge in [-0.3, -0.25) is 9.69 Å². The quantitative estimate of drug-likeness (QED) is 0.711. The molecule has 2 aromatic rings. The van der Waals surface area contributed by atoms with E-state index in [-0.39, 0.29) is 11.7 Å². The predicted octanol–water partition coefficient (Wildman–Crippen LogP) is 3.30. The fourth-order valence-corrected chi connectivity index (χ4v) is 4.93. The summed E-state index contributed by atoms with van der Waals surface area (Å²) in [5.74, 6) is 0.525. The van der Waals surface area contributed by atoms with E-state index < -0.39 is 11.7 Å². The molecule has 33 heavy (non-hydrogen) atoms. The minimum atomic E-state index is -4.45. The number of alkyl halides is 3. The van der Waals surface area contributed by atoms with E-state index in [9.17, 15) is 18.0 Å². The zero-order valence-corrected chi connectivity index (χ0v) is 18.2. The number of halogens is 3. The normalized spacial score (nSPS) is 22.9. The van der Waals surface area contributed by atoms with E-state index in [0.29, 0.717) is 25.4 Å². The molecule has 1 saturated carbocycles. The van der Waals surface area contributed by atoms with Gasteiger partial charge in [-0.2, -0.15) is 13.2 Å². The summed E-state index contributed by atoms with van der Waals surface area (Å²) in [5.41, 5.74) is 3.23. The minimum Gasteiger partial charge on any atom is -0.314 e. The molecule has 3 heterocycles. The molecule has 2 fully saturated rings. The molecule has 1 aromatic carbocycles. The molecule has 6 nitrogen and oxygen atoms in total. The highest BCUT2D eigenvalue weighted by Crippen LogP contribution is 2.35. The van der Waals surface area contributed by atoms with Gasteiger partial charge in [0.15, 0.2) is 5.78 Å². The number of carbonyl (C=O) groups is 1. The van der Waals surface area contributed by atoms with Gasteiger partial charge in [-0.15, -0.1) is 0 Å². The number of Topliss-reactive ketones (excluding diaryl/α,β-unsaturated/α-hetero) is 1. The summed E-state index contributed by atoms with van der Waals surface area (Å²) in [7, 11) is 0. The SMILES string of the molecule is O=C1CC(N2CCNCC2)C/C1=C/Cc1ccc2c(c1)CCN2c1ncc(C(F)(F)F)cn1. The Bertz CT molecular complexity index is 1060. The summed E-state index contributed by atoms with van der Waals surface area (Å²) in [6.45, 7) is 4.57. The first-order valence-corrected chi connectivity index (χ1v) is 11.3. The molecule has 9 heteroatoms. The highest BCUT2D eigenvalue weighted by molar-refractivity contribution is 5.98. The van der Waals surface area contributed by atoms with Crippen LogP contribution in [-0.2, 0) is 23.8 Å². The number of nitrogens with one attached hydrogen (secondary N) is 1. The topological polar surface area (TPSA) is 61.4 Å². The third-order valence-corrected chi connectivity index (χ3v) is 6.73. The van der Waals surface area contributed by atoms with Gasteiger partial charge in [-0.25, -0.2) is 9.97 Å². The molecule has 0 bridgehead atoms. The average molecular weight is 458 g/mol. The van der Waals surface area contributed by atoms with Crippen LogP contribution >= 0.6 is 0 Å². The van der Waals surface area contributed by atoms with Crippen LogP contribution in [0.25, 0.3) is 0 Å². The van der Waals surface area contributed by atoms with E-state index >= 15 is 0 Å². The van der Waals surface area contributed by atoms with Crippen molar-refractivity contribution >= 4 is 17.4 Å². The van der Waals surface area contributed by atoms with E-state index in [2.05, 4.69) is 32.3 Å². The van der Waals surface area contributed by atoms with Gasteiger partial charge in [-0.05, 0) is 42.0 Å². The minimum absolute atomic E-state index is 0.255. The van der Waals surface area contributed by atoms with Crippen LogP contribution in [0, 0.1) is 0 Å². The summed E-state index contributed by atoms with van der Waals surface area (Å²) in [6.07, 6.45) is 2.17. The van der Waals surface area contributed by atoms with E-state index in [1.54, 1.807) is 0 Å². The van der Waals surface area contributed by atoms with Crippen molar-refractivity contribution in [3.8, 4) is 0 Å². The van der Waals surface area contributed by atoms with Crippen molar-refractivity contribution in [1.29, 1.82) is 0 Å². The Labute approximate surface area is 190 Å². The lowest BCUT2D eigenvalue weighted by molar-refractivity contribution is -0.138. The molecule has 174 valence electrons. The van der Waals surface area contributed by atoms with E-state index in [1.807, 2.05) is 17.0 Å². The lowest BCUT2D eigenvalue weighted by Crippen LogP contribution is -2.47. The highest BCUT2D eigenvalue weighted by Gasteiger charge is 2.33. The van der Waals surface area contributed by atoms with Crippen molar-refractivity contribution in [1.82, 2.24) is 20.2 Å². The molecule has 0 amide bonds. The van der Waals surface area contributed by atoms with Crippen molar-refractivity contribution in [2.45, 2.75) is 37.9 Å². The number of aromatic nitrogens is 2. The monoisotopic (exact) mass is 457 g/mol. The summed E-state index contributed by atoms with van der Waals surface area (Å²) in [6, 6.07) is 6.41. The molecule has 1 aliphatic carbocycles. The predicted molar refractivity (Wildman–Crippen MR) is 118 cm³/mol. The van der Waals surface area contributed by atoms with Crippen LogP contribution in [0.1, 0.15) is 29.5 Å². The van der Waals surface area contributed by atoms with Crippen molar-refractivity contribution in [3.63, 3.8) is 0 Å². The third kappa shape index (κ3) is 4.65. The Balaban J connectivity index is 1.25. The van der Waals surface area contributed by atoms with Crippen LogP contribution in [0.4, 0.5) is 24.8 Å². The number of benzene rings is 1. The molecular formula is C24H26F3N5O. The summed E-state index contributed by atoms with van der Waals surface area (Å²) in [5, 5.41) is 3.35. The van der Waals surface area contributed by atoms with Gasteiger partial charge in [0.2, 0.25) is 5.95 Å². The molecule has 1 saturated heterocycles.